The third kappa shape index (κ3) is 8.08. The van der Waals surface area contributed by atoms with Gasteiger partial charge in [0.05, 0.1) is 5.75 Å². The second kappa shape index (κ2) is 10.2. The molecule has 152 valence electrons. The van der Waals surface area contributed by atoms with Crippen LogP contribution in [0.15, 0.2) is 24.3 Å². The van der Waals surface area contributed by atoms with Crippen molar-refractivity contribution in [3.63, 3.8) is 0 Å². The number of halogens is 1. The van der Waals surface area contributed by atoms with Gasteiger partial charge in [0, 0.05) is 43.8 Å². The molecule has 0 radical (unpaired) electrons. The fraction of sp³-hybridized carbons (Fsp3) is 0.700. The number of nitrogens with zero attached hydrogens (tertiary/aromatic N) is 2. The number of sulfonamides is 1. The average molecular weight is 414 g/mol. The lowest BCUT2D eigenvalue weighted by Crippen LogP contribution is -2.46. The maximum Gasteiger partial charge on any atom is 0.211 e. The molecule has 1 aromatic rings. The first-order chi connectivity index (χ1) is 13.0. The van der Waals surface area contributed by atoms with E-state index in [0.717, 1.165) is 82.8 Å². The number of unbranched alkanes of at least 4 members (excludes halogenated alkanes) is 3. The second-order valence-electron chi connectivity index (χ2n) is 7.87. The number of rotatable bonds is 11. The lowest BCUT2D eigenvalue weighted by atomic mass is 10.1. The summed E-state index contributed by atoms with van der Waals surface area (Å²) in [5, 5.41) is 0.808. The molecule has 1 aliphatic carbocycles. The molecule has 0 atom stereocenters. The maximum atomic E-state index is 11.8. The Balaban J connectivity index is 1.22. The summed E-state index contributed by atoms with van der Waals surface area (Å²) in [6.45, 7) is 6.51. The van der Waals surface area contributed by atoms with Crippen LogP contribution < -0.4 is 4.72 Å². The van der Waals surface area contributed by atoms with Crippen molar-refractivity contribution >= 4 is 21.6 Å². The van der Waals surface area contributed by atoms with Crippen molar-refractivity contribution in [1.82, 2.24) is 14.5 Å². The van der Waals surface area contributed by atoms with Gasteiger partial charge >= 0.3 is 0 Å². The molecule has 1 saturated heterocycles. The lowest BCUT2D eigenvalue weighted by Gasteiger charge is -2.34. The molecule has 0 spiro atoms. The van der Waals surface area contributed by atoms with Gasteiger partial charge in [0.1, 0.15) is 0 Å². The Hall–Kier alpha value is -0.660. The first kappa shape index (κ1) is 21.1. The molecule has 2 aliphatic rings. The summed E-state index contributed by atoms with van der Waals surface area (Å²) in [6, 6.07) is 8.35. The fourth-order valence-corrected chi connectivity index (χ4v) is 5.22. The van der Waals surface area contributed by atoms with Crippen LogP contribution in [-0.4, -0.2) is 62.7 Å². The summed E-state index contributed by atoms with van der Waals surface area (Å²) in [5.41, 5.74) is 1.28. The van der Waals surface area contributed by atoms with Crippen molar-refractivity contribution in [2.24, 2.45) is 0 Å². The van der Waals surface area contributed by atoms with E-state index in [4.69, 9.17) is 11.6 Å². The van der Waals surface area contributed by atoms with Crippen LogP contribution in [0.3, 0.4) is 0 Å². The molecule has 0 unspecified atom stereocenters. The van der Waals surface area contributed by atoms with Gasteiger partial charge in [-0.25, -0.2) is 13.1 Å². The number of nitrogens with one attached hydrogen (secondary N) is 1. The zero-order chi connectivity index (χ0) is 19.1. The number of piperazine rings is 1. The van der Waals surface area contributed by atoms with Crippen molar-refractivity contribution < 1.29 is 8.42 Å². The van der Waals surface area contributed by atoms with Gasteiger partial charge in [0.15, 0.2) is 0 Å². The predicted octanol–water partition coefficient (Wildman–Crippen LogP) is 3.10. The predicted molar refractivity (Wildman–Crippen MR) is 112 cm³/mol. The van der Waals surface area contributed by atoms with Crippen molar-refractivity contribution in [3.8, 4) is 0 Å². The molecule has 1 heterocycles. The summed E-state index contributed by atoms with van der Waals surface area (Å²) >= 11 is 6.07. The summed E-state index contributed by atoms with van der Waals surface area (Å²) in [7, 11) is -3.03. The summed E-state index contributed by atoms with van der Waals surface area (Å²) in [5.74, 6) is 0.283. The molecule has 2 fully saturated rings. The smallest absolute Gasteiger partial charge is 0.211 e. The quantitative estimate of drug-likeness (QED) is 0.566. The van der Waals surface area contributed by atoms with Crippen molar-refractivity contribution in [2.45, 2.75) is 51.1 Å². The summed E-state index contributed by atoms with van der Waals surface area (Å²) in [4.78, 5) is 5.01. The fourth-order valence-electron chi connectivity index (χ4n) is 3.56. The minimum Gasteiger partial charge on any atom is -0.301 e. The van der Waals surface area contributed by atoms with Crippen molar-refractivity contribution in [3.05, 3.63) is 34.9 Å². The molecule has 1 saturated carbocycles. The number of hydrogen-bond acceptors (Lipinski definition) is 4. The zero-order valence-corrected chi connectivity index (χ0v) is 17.6. The van der Waals surface area contributed by atoms with E-state index in [1.54, 1.807) is 0 Å². The third-order valence-electron chi connectivity index (χ3n) is 5.32. The van der Waals surface area contributed by atoms with E-state index in [1.807, 2.05) is 18.2 Å². The molecule has 1 aromatic carbocycles. The minimum atomic E-state index is -3.03. The van der Waals surface area contributed by atoms with E-state index in [2.05, 4.69) is 20.6 Å². The molecule has 27 heavy (non-hydrogen) atoms. The van der Waals surface area contributed by atoms with Crippen LogP contribution in [0.2, 0.25) is 5.02 Å². The Morgan fingerprint density at radius 1 is 1.00 bits per heavy atom. The Kier molecular flexibility index (Phi) is 7.97. The minimum absolute atomic E-state index is 0.229. The van der Waals surface area contributed by atoms with Crippen LogP contribution in [-0.2, 0) is 16.6 Å². The highest BCUT2D eigenvalue weighted by molar-refractivity contribution is 7.89. The van der Waals surface area contributed by atoms with E-state index < -0.39 is 10.0 Å². The molecule has 3 rings (SSSR count). The molecular formula is C20H32ClN3O2S. The highest BCUT2D eigenvalue weighted by Gasteiger charge is 2.26. The maximum absolute atomic E-state index is 11.8. The van der Waals surface area contributed by atoms with Crippen LogP contribution in [0.25, 0.3) is 0 Å². The molecule has 5 nitrogen and oxygen atoms in total. The Labute approximate surface area is 169 Å². The summed E-state index contributed by atoms with van der Waals surface area (Å²) in [6.07, 6.45) is 6.05. The van der Waals surface area contributed by atoms with Crippen molar-refractivity contribution in [2.75, 3.05) is 38.5 Å². The average Bonchev–Trinajstić information content (AvgIpc) is 3.42. The highest BCUT2D eigenvalue weighted by atomic mass is 35.5. The van der Waals surface area contributed by atoms with Crippen LogP contribution >= 0.6 is 11.6 Å². The summed E-state index contributed by atoms with van der Waals surface area (Å²) < 4.78 is 26.4. The monoisotopic (exact) mass is 413 g/mol. The molecule has 1 N–H and O–H groups in total. The van der Waals surface area contributed by atoms with Gasteiger partial charge in [0.25, 0.3) is 0 Å². The standard InChI is InChI=1S/C20H32ClN3O2S/c21-19-7-5-6-18(16-19)17-24-13-11-23(12-14-24)10-3-1-2-4-15-27(25,26)22-20-8-9-20/h5-7,16,20,22H,1-4,8-15,17H2. The Morgan fingerprint density at radius 3 is 2.41 bits per heavy atom. The van der Waals surface area contributed by atoms with Gasteiger partial charge in [-0.05, 0) is 49.9 Å². The van der Waals surface area contributed by atoms with E-state index >= 15 is 0 Å². The van der Waals surface area contributed by atoms with Gasteiger partial charge in [-0.1, -0.05) is 36.6 Å². The van der Waals surface area contributed by atoms with Gasteiger partial charge < -0.3 is 4.90 Å². The van der Waals surface area contributed by atoms with E-state index in [0.29, 0.717) is 0 Å². The van der Waals surface area contributed by atoms with Crippen LogP contribution in [0.5, 0.6) is 0 Å². The van der Waals surface area contributed by atoms with Gasteiger partial charge in [-0.3, -0.25) is 4.90 Å². The zero-order valence-electron chi connectivity index (χ0n) is 16.1. The van der Waals surface area contributed by atoms with Gasteiger partial charge in [0.2, 0.25) is 10.0 Å². The number of benzene rings is 1. The van der Waals surface area contributed by atoms with E-state index in [-0.39, 0.29) is 11.8 Å². The molecular weight excluding hydrogens is 382 g/mol. The molecule has 0 amide bonds. The SMILES string of the molecule is O=S(=O)(CCCCCCN1CCN(Cc2cccc(Cl)c2)CC1)NC1CC1. The topological polar surface area (TPSA) is 52.7 Å². The first-order valence-corrected chi connectivity index (χ1v) is 12.2. The first-order valence-electron chi connectivity index (χ1n) is 10.2. The van der Waals surface area contributed by atoms with Crippen LogP contribution in [0.1, 0.15) is 44.1 Å². The van der Waals surface area contributed by atoms with E-state index in [9.17, 15) is 8.42 Å². The molecule has 7 heteroatoms. The van der Waals surface area contributed by atoms with Crippen LogP contribution in [0.4, 0.5) is 0 Å². The van der Waals surface area contributed by atoms with E-state index in [1.165, 1.54) is 5.56 Å². The number of hydrogen-bond donors (Lipinski definition) is 1. The normalized spacial score (nSPS) is 19.4. The van der Waals surface area contributed by atoms with Crippen LogP contribution in [0, 0.1) is 0 Å². The highest BCUT2D eigenvalue weighted by Crippen LogP contribution is 2.20. The lowest BCUT2D eigenvalue weighted by molar-refractivity contribution is 0.125. The largest absolute Gasteiger partial charge is 0.301 e. The Morgan fingerprint density at radius 2 is 1.70 bits per heavy atom. The third-order valence-corrected chi connectivity index (χ3v) is 7.07. The van der Waals surface area contributed by atoms with Gasteiger partial charge in [-0.2, -0.15) is 0 Å². The molecule has 0 aromatic heterocycles. The van der Waals surface area contributed by atoms with Gasteiger partial charge in [-0.15, -0.1) is 0 Å². The van der Waals surface area contributed by atoms with Crippen molar-refractivity contribution in [1.29, 1.82) is 0 Å². The second-order valence-corrected chi connectivity index (χ2v) is 10.2. The molecule has 1 aliphatic heterocycles. The Bertz CT molecular complexity index is 686. The molecule has 0 bridgehead atoms.